The molecule has 4 heteroatoms. The topological polar surface area (TPSA) is 58.2 Å². The molecule has 4 nitrogen and oxygen atoms in total. The van der Waals surface area contributed by atoms with Gasteiger partial charge in [-0.05, 0) is 36.1 Å². The summed E-state index contributed by atoms with van der Waals surface area (Å²) in [4.78, 5) is 24.7. The Morgan fingerprint density at radius 3 is 1.21 bits per heavy atom. The minimum absolute atomic E-state index is 0.151. The Morgan fingerprint density at radius 2 is 0.882 bits per heavy atom. The molecule has 2 N–H and O–H groups in total. The molecule has 0 aliphatic rings. The summed E-state index contributed by atoms with van der Waals surface area (Å²) in [5.41, 5.74) is 9.13. The highest BCUT2D eigenvalue weighted by Crippen LogP contribution is 2.46. The fourth-order valence-electron chi connectivity index (χ4n) is 4.39. The first kappa shape index (κ1) is 23.0. The maximum atomic E-state index is 12.3. The minimum Gasteiger partial charge on any atom is -0.325 e. The number of anilines is 2. The maximum Gasteiger partial charge on any atom is 0.221 e. The van der Waals surface area contributed by atoms with E-state index in [1.165, 1.54) is 13.8 Å². The molecule has 4 aromatic rings. The second kappa shape index (κ2) is 9.75. The van der Waals surface area contributed by atoms with E-state index in [1.807, 2.05) is 86.6 Å². The van der Waals surface area contributed by atoms with Gasteiger partial charge < -0.3 is 10.6 Å². The lowest BCUT2D eigenvalue weighted by atomic mass is 9.86. The standard InChI is InChI=1S/C30H28N2O2/c1-19-15-17-25(23-11-7-5-8-12-23)29(31-21(3)33)27(19)28-20(2)16-18-26(30(28)32-22(4)34)24-13-9-6-10-14-24/h5-18H,1-4H3,(H,31,33)(H,32,34). The Hall–Kier alpha value is -4.18. The van der Waals surface area contributed by atoms with Crippen LogP contribution in [-0.2, 0) is 9.59 Å². The Balaban J connectivity index is 2.10. The molecule has 0 aromatic heterocycles. The second-order valence-electron chi connectivity index (χ2n) is 8.45. The average molecular weight is 449 g/mol. The first-order valence-electron chi connectivity index (χ1n) is 11.3. The molecule has 0 heterocycles. The SMILES string of the molecule is CC(=O)Nc1c(-c2ccccc2)ccc(C)c1-c1c(C)ccc(-c2ccccc2)c1NC(C)=O. The van der Waals surface area contributed by atoms with E-state index in [1.54, 1.807) is 0 Å². The van der Waals surface area contributed by atoms with Gasteiger partial charge in [0.25, 0.3) is 0 Å². The second-order valence-corrected chi connectivity index (χ2v) is 8.45. The molecule has 0 spiro atoms. The van der Waals surface area contributed by atoms with Gasteiger partial charge in [0, 0.05) is 36.1 Å². The van der Waals surface area contributed by atoms with Crippen LogP contribution in [-0.4, -0.2) is 11.8 Å². The highest BCUT2D eigenvalue weighted by Gasteiger charge is 2.22. The van der Waals surface area contributed by atoms with Crippen LogP contribution in [0.4, 0.5) is 11.4 Å². The van der Waals surface area contributed by atoms with E-state index in [0.29, 0.717) is 0 Å². The molecule has 0 fully saturated rings. The lowest BCUT2D eigenvalue weighted by Gasteiger charge is -2.24. The van der Waals surface area contributed by atoms with E-state index < -0.39 is 0 Å². The molecule has 0 atom stereocenters. The molecule has 0 saturated carbocycles. The van der Waals surface area contributed by atoms with Gasteiger partial charge >= 0.3 is 0 Å². The van der Waals surface area contributed by atoms with Crippen LogP contribution in [0, 0.1) is 13.8 Å². The van der Waals surface area contributed by atoms with Gasteiger partial charge in [-0.25, -0.2) is 0 Å². The Bertz CT molecular complexity index is 1250. The molecular weight excluding hydrogens is 420 g/mol. The Morgan fingerprint density at radius 1 is 0.529 bits per heavy atom. The Kier molecular flexibility index (Phi) is 6.60. The monoisotopic (exact) mass is 448 g/mol. The van der Waals surface area contributed by atoms with Crippen molar-refractivity contribution in [1.29, 1.82) is 0 Å². The molecule has 0 saturated heterocycles. The molecule has 0 radical (unpaired) electrons. The van der Waals surface area contributed by atoms with Gasteiger partial charge in [0.05, 0.1) is 11.4 Å². The number of amides is 2. The van der Waals surface area contributed by atoms with Crippen molar-refractivity contribution in [3.05, 3.63) is 96.1 Å². The third-order valence-electron chi connectivity index (χ3n) is 5.85. The zero-order valence-corrected chi connectivity index (χ0v) is 19.9. The van der Waals surface area contributed by atoms with E-state index in [-0.39, 0.29) is 11.8 Å². The molecule has 2 amide bonds. The van der Waals surface area contributed by atoms with Gasteiger partial charge in [-0.2, -0.15) is 0 Å². The maximum absolute atomic E-state index is 12.3. The first-order valence-corrected chi connectivity index (χ1v) is 11.3. The van der Waals surface area contributed by atoms with Gasteiger partial charge in [0.1, 0.15) is 0 Å². The van der Waals surface area contributed by atoms with E-state index in [0.717, 1.165) is 55.9 Å². The highest BCUT2D eigenvalue weighted by molar-refractivity contribution is 6.08. The van der Waals surface area contributed by atoms with E-state index >= 15 is 0 Å². The van der Waals surface area contributed by atoms with E-state index in [4.69, 9.17) is 0 Å². The Labute approximate surface area is 200 Å². The van der Waals surface area contributed by atoms with Crippen LogP contribution in [0.15, 0.2) is 84.9 Å². The smallest absolute Gasteiger partial charge is 0.221 e. The van der Waals surface area contributed by atoms with E-state index in [2.05, 4.69) is 22.8 Å². The summed E-state index contributed by atoms with van der Waals surface area (Å²) < 4.78 is 0. The van der Waals surface area contributed by atoms with Crippen LogP contribution in [0.2, 0.25) is 0 Å². The molecule has 0 bridgehead atoms. The summed E-state index contributed by atoms with van der Waals surface area (Å²) in [6, 6.07) is 28.2. The van der Waals surface area contributed by atoms with E-state index in [9.17, 15) is 9.59 Å². The zero-order chi connectivity index (χ0) is 24.2. The predicted octanol–water partition coefficient (Wildman–Crippen LogP) is 7.22. The van der Waals surface area contributed by atoms with Crippen LogP contribution in [0.1, 0.15) is 25.0 Å². The van der Waals surface area contributed by atoms with Gasteiger partial charge in [-0.15, -0.1) is 0 Å². The van der Waals surface area contributed by atoms with Gasteiger partial charge in [-0.1, -0.05) is 84.9 Å². The summed E-state index contributed by atoms with van der Waals surface area (Å²) in [6.45, 7) is 7.09. The third-order valence-corrected chi connectivity index (χ3v) is 5.85. The number of aryl methyl sites for hydroxylation is 2. The number of nitrogens with one attached hydrogen (secondary N) is 2. The molecule has 0 aliphatic heterocycles. The summed E-state index contributed by atoms with van der Waals surface area (Å²) in [7, 11) is 0. The van der Waals surface area contributed by atoms with Crippen molar-refractivity contribution < 1.29 is 9.59 Å². The van der Waals surface area contributed by atoms with Crippen molar-refractivity contribution in [2.24, 2.45) is 0 Å². The average Bonchev–Trinajstić information content (AvgIpc) is 2.81. The lowest BCUT2D eigenvalue weighted by molar-refractivity contribution is -0.115. The summed E-state index contributed by atoms with van der Waals surface area (Å²) >= 11 is 0. The largest absolute Gasteiger partial charge is 0.325 e. The third kappa shape index (κ3) is 4.62. The summed E-state index contributed by atoms with van der Waals surface area (Å²) in [5, 5.41) is 6.19. The number of carbonyl (C=O) groups excluding carboxylic acids is 2. The van der Waals surface area contributed by atoms with Gasteiger partial charge in [0.15, 0.2) is 0 Å². The molecule has 4 rings (SSSR count). The van der Waals surface area contributed by atoms with Gasteiger partial charge in [-0.3, -0.25) is 9.59 Å². The van der Waals surface area contributed by atoms with Crippen LogP contribution in [0.5, 0.6) is 0 Å². The first-order chi connectivity index (χ1) is 16.4. The van der Waals surface area contributed by atoms with Crippen LogP contribution in [0.3, 0.4) is 0 Å². The number of hydrogen-bond donors (Lipinski definition) is 2. The number of carbonyl (C=O) groups is 2. The van der Waals surface area contributed by atoms with Crippen LogP contribution in [0.25, 0.3) is 33.4 Å². The number of hydrogen-bond acceptors (Lipinski definition) is 2. The summed E-state index contributed by atoms with van der Waals surface area (Å²) in [5.74, 6) is -0.302. The zero-order valence-electron chi connectivity index (χ0n) is 19.9. The minimum atomic E-state index is -0.151. The van der Waals surface area contributed by atoms with Crippen molar-refractivity contribution in [3.63, 3.8) is 0 Å². The normalized spacial score (nSPS) is 10.6. The van der Waals surface area contributed by atoms with Crippen molar-refractivity contribution in [1.82, 2.24) is 0 Å². The molecule has 0 aliphatic carbocycles. The van der Waals surface area contributed by atoms with Crippen molar-refractivity contribution >= 4 is 23.2 Å². The van der Waals surface area contributed by atoms with Crippen LogP contribution >= 0.6 is 0 Å². The van der Waals surface area contributed by atoms with Gasteiger partial charge in [0.2, 0.25) is 11.8 Å². The quantitative estimate of drug-likeness (QED) is 0.339. The van der Waals surface area contributed by atoms with Crippen molar-refractivity contribution in [2.75, 3.05) is 10.6 Å². The molecular formula is C30H28N2O2. The number of rotatable bonds is 5. The number of benzene rings is 4. The predicted molar refractivity (Wildman–Crippen MR) is 141 cm³/mol. The van der Waals surface area contributed by atoms with Crippen molar-refractivity contribution in [3.8, 4) is 33.4 Å². The van der Waals surface area contributed by atoms with Crippen LogP contribution < -0.4 is 10.6 Å². The molecule has 0 unspecified atom stereocenters. The lowest BCUT2D eigenvalue weighted by Crippen LogP contribution is -2.12. The fraction of sp³-hybridized carbons (Fsp3) is 0.133. The highest BCUT2D eigenvalue weighted by atomic mass is 16.2. The molecule has 34 heavy (non-hydrogen) atoms. The summed E-state index contributed by atoms with van der Waals surface area (Å²) in [6.07, 6.45) is 0. The fourth-order valence-corrected chi connectivity index (χ4v) is 4.39. The molecule has 170 valence electrons. The molecule has 4 aromatic carbocycles. The van der Waals surface area contributed by atoms with Crippen molar-refractivity contribution in [2.45, 2.75) is 27.7 Å².